The Morgan fingerprint density at radius 3 is 2.81 bits per heavy atom. The van der Waals surface area contributed by atoms with Gasteiger partial charge in [0.25, 0.3) is 5.91 Å². The molecule has 6 nitrogen and oxygen atoms in total. The van der Waals surface area contributed by atoms with E-state index in [0.29, 0.717) is 11.4 Å². The van der Waals surface area contributed by atoms with Crippen LogP contribution < -0.4 is 5.32 Å². The van der Waals surface area contributed by atoms with Crippen molar-refractivity contribution < 1.29 is 14.3 Å². The van der Waals surface area contributed by atoms with Crippen LogP contribution >= 0.6 is 11.3 Å². The van der Waals surface area contributed by atoms with Crippen molar-refractivity contribution in [3.63, 3.8) is 0 Å². The minimum Gasteiger partial charge on any atom is -0.455 e. The number of carbonyl (C=O) groups excluding carboxylic acids is 2. The fraction of sp³-hybridized carbons (Fsp3) is 0.200. The molecule has 3 rings (SSSR count). The lowest BCUT2D eigenvalue weighted by atomic mass is 10.1. The summed E-state index contributed by atoms with van der Waals surface area (Å²) in [5.41, 5.74) is 4.29. The van der Waals surface area contributed by atoms with Gasteiger partial charge in [-0.2, -0.15) is 0 Å². The molecule has 0 fully saturated rings. The SMILES string of the molecule is Cc1ccc(NC(=O)COC(=O)Cc2csc(-c3cccnc3)n2)c(C)c1. The van der Waals surface area contributed by atoms with Gasteiger partial charge in [-0.15, -0.1) is 11.3 Å². The highest BCUT2D eigenvalue weighted by Gasteiger charge is 2.12. The van der Waals surface area contributed by atoms with Gasteiger partial charge < -0.3 is 10.1 Å². The van der Waals surface area contributed by atoms with Crippen LogP contribution in [-0.4, -0.2) is 28.5 Å². The van der Waals surface area contributed by atoms with E-state index in [1.54, 1.807) is 17.8 Å². The maximum atomic E-state index is 12.0. The highest BCUT2D eigenvalue weighted by molar-refractivity contribution is 7.13. The second-order valence-electron chi connectivity index (χ2n) is 6.09. The molecule has 0 atom stereocenters. The van der Waals surface area contributed by atoms with Crippen molar-refractivity contribution in [3.8, 4) is 10.6 Å². The van der Waals surface area contributed by atoms with E-state index in [4.69, 9.17) is 4.74 Å². The van der Waals surface area contributed by atoms with E-state index in [1.807, 2.05) is 44.2 Å². The predicted molar refractivity (Wildman–Crippen MR) is 105 cm³/mol. The van der Waals surface area contributed by atoms with Crippen LogP contribution in [0.3, 0.4) is 0 Å². The molecule has 2 aromatic heterocycles. The minimum absolute atomic E-state index is 0.0214. The maximum absolute atomic E-state index is 12.0. The third-order valence-electron chi connectivity index (χ3n) is 3.81. The minimum atomic E-state index is -0.492. The Hall–Kier alpha value is -3.06. The molecular formula is C20H19N3O3S. The smallest absolute Gasteiger partial charge is 0.312 e. The van der Waals surface area contributed by atoms with Gasteiger partial charge in [0.05, 0.1) is 12.1 Å². The zero-order valence-corrected chi connectivity index (χ0v) is 15.9. The monoisotopic (exact) mass is 381 g/mol. The highest BCUT2D eigenvalue weighted by atomic mass is 32.1. The number of nitrogens with zero attached hydrogens (tertiary/aromatic N) is 2. The first kappa shape index (κ1) is 18.7. The van der Waals surface area contributed by atoms with E-state index in [0.717, 1.165) is 21.7 Å². The van der Waals surface area contributed by atoms with E-state index in [9.17, 15) is 9.59 Å². The van der Waals surface area contributed by atoms with Crippen LogP contribution in [0.2, 0.25) is 0 Å². The number of amides is 1. The Morgan fingerprint density at radius 2 is 2.07 bits per heavy atom. The number of carbonyl (C=O) groups is 2. The first-order valence-corrected chi connectivity index (χ1v) is 9.27. The topological polar surface area (TPSA) is 81.2 Å². The van der Waals surface area contributed by atoms with Gasteiger partial charge in [0.15, 0.2) is 6.61 Å². The molecule has 0 spiro atoms. The average Bonchev–Trinajstić information content (AvgIpc) is 3.11. The molecule has 0 aliphatic carbocycles. The van der Waals surface area contributed by atoms with Gasteiger partial charge in [0.2, 0.25) is 0 Å². The lowest BCUT2D eigenvalue weighted by Gasteiger charge is -2.09. The largest absolute Gasteiger partial charge is 0.455 e. The maximum Gasteiger partial charge on any atom is 0.312 e. The number of benzene rings is 1. The van der Waals surface area contributed by atoms with Crippen LogP contribution in [0.15, 0.2) is 48.1 Å². The Morgan fingerprint density at radius 1 is 1.22 bits per heavy atom. The molecule has 1 aromatic carbocycles. The molecular weight excluding hydrogens is 362 g/mol. The van der Waals surface area contributed by atoms with E-state index in [1.165, 1.54) is 11.3 Å². The summed E-state index contributed by atoms with van der Waals surface area (Å²) < 4.78 is 5.06. The van der Waals surface area contributed by atoms with Crippen molar-refractivity contribution in [1.29, 1.82) is 0 Å². The molecule has 3 aromatic rings. The van der Waals surface area contributed by atoms with Gasteiger partial charge in [-0.05, 0) is 37.6 Å². The molecule has 0 bridgehead atoms. The normalized spacial score (nSPS) is 10.4. The standard InChI is InChI=1S/C20H19N3O3S/c1-13-5-6-17(14(2)8-13)23-18(24)11-26-19(25)9-16-12-27-20(22-16)15-4-3-7-21-10-15/h3-8,10,12H,9,11H2,1-2H3,(H,23,24). The summed E-state index contributed by atoms with van der Waals surface area (Å²) in [7, 11) is 0. The van der Waals surface area contributed by atoms with Gasteiger partial charge in [0, 0.05) is 29.0 Å². The molecule has 0 unspecified atom stereocenters. The third-order valence-corrected chi connectivity index (χ3v) is 4.75. The van der Waals surface area contributed by atoms with Crippen LogP contribution in [0.5, 0.6) is 0 Å². The summed E-state index contributed by atoms with van der Waals surface area (Å²) in [5.74, 6) is -0.863. The van der Waals surface area contributed by atoms with Crippen molar-refractivity contribution in [2.24, 2.45) is 0 Å². The summed E-state index contributed by atoms with van der Waals surface area (Å²) >= 11 is 1.44. The number of pyridine rings is 1. The summed E-state index contributed by atoms with van der Waals surface area (Å²) in [6.07, 6.45) is 3.43. The van der Waals surface area contributed by atoms with Gasteiger partial charge in [-0.3, -0.25) is 14.6 Å². The van der Waals surface area contributed by atoms with E-state index < -0.39 is 5.97 Å². The first-order valence-electron chi connectivity index (χ1n) is 8.39. The van der Waals surface area contributed by atoms with Crippen LogP contribution in [0.4, 0.5) is 5.69 Å². The van der Waals surface area contributed by atoms with Gasteiger partial charge in [-0.25, -0.2) is 4.98 Å². The zero-order valence-electron chi connectivity index (χ0n) is 15.1. The van der Waals surface area contributed by atoms with Gasteiger partial charge >= 0.3 is 5.97 Å². The number of ether oxygens (including phenoxy) is 1. The quantitative estimate of drug-likeness (QED) is 0.661. The number of aryl methyl sites for hydroxylation is 2. The second kappa shape index (κ2) is 8.55. The molecule has 0 aliphatic heterocycles. The van der Waals surface area contributed by atoms with Gasteiger partial charge in [0.1, 0.15) is 5.01 Å². The predicted octanol–water partition coefficient (Wildman–Crippen LogP) is 3.55. The van der Waals surface area contributed by atoms with Crippen LogP contribution in [0, 0.1) is 13.8 Å². The number of esters is 1. The molecule has 138 valence electrons. The second-order valence-corrected chi connectivity index (χ2v) is 6.95. The van der Waals surface area contributed by atoms with Gasteiger partial charge in [-0.1, -0.05) is 17.7 Å². The average molecular weight is 381 g/mol. The Balaban J connectivity index is 1.49. The number of thiazole rings is 1. The zero-order chi connectivity index (χ0) is 19.2. The molecule has 0 radical (unpaired) electrons. The Labute approximate surface area is 161 Å². The number of hydrogen-bond donors (Lipinski definition) is 1. The fourth-order valence-corrected chi connectivity index (χ4v) is 3.31. The summed E-state index contributed by atoms with van der Waals surface area (Å²) in [4.78, 5) is 32.4. The van der Waals surface area contributed by atoms with Crippen molar-refractivity contribution in [2.75, 3.05) is 11.9 Å². The molecule has 1 amide bonds. The molecule has 27 heavy (non-hydrogen) atoms. The molecule has 0 aliphatic rings. The van der Waals surface area contributed by atoms with Crippen molar-refractivity contribution in [3.05, 3.63) is 64.9 Å². The number of nitrogens with one attached hydrogen (secondary N) is 1. The van der Waals surface area contributed by atoms with Crippen LogP contribution in [-0.2, 0) is 20.7 Å². The number of anilines is 1. The van der Waals surface area contributed by atoms with Crippen LogP contribution in [0.1, 0.15) is 16.8 Å². The van der Waals surface area contributed by atoms with Crippen molar-refractivity contribution >= 4 is 28.9 Å². The summed E-state index contributed by atoms with van der Waals surface area (Å²) in [5, 5.41) is 5.34. The fourth-order valence-electron chi connectivity index (χ4n) is 2.50. The summed E-state index contributed by atoms with van der Waals surface area (Å²) in [6.45, 7) is 3.57. The molecule has 0 saturated heterocycles. The van der Waals surface area contributed by atoms with Crippen molar-refractivity contribution in [1.82, 2.24) is 9.97 Å². The van der Waals surface area contributed by atoms with Crippen LogP contribution in [0.25, 0.3) is 10.6 Å². The Bertz CT molecular complexity index is 954. The number of rotatable bonds is 6. The summed E-state index contributed by atoms with van der Waals surface area (Å²) in [6, 6.07) is 9.46. The third kappa shape index (κ3) is 5.21. The number of aromatic nitrogens is 2. The number of hydrogen-bond acceptors (Lipinski definition) is 6. The highest BCUT2D eigenvalue weighted by Crippen LogP contribution is 2.23. The Kier molecular flexibility index (Phi) is 5.93. The van der Waals surface area contributed by atoms with E-state index >= 15 is 0 Å². The lowest BCUT2D eigenvalue weighted by Crippen LogP contribution is -2.22. The van der Waals surface area contributed by atoms with Crippen molar-refractivity contribution in [2.45, 2.75) is 20.3 Å². The molecule has 1 N–H and O–H groups in total. The molecule has 0 saturated carbocycles. The first-order chi connectivity index (χ1) is 13.0. The lowest BCUT2D eigenvalue weighted by molar-refractivity contribution is -0.146. The molecule has 2 heterocycles. The van der Waals surface area contributed by atoms with E-state index in [-0.39, 0.29) is 18.9 Å². The molecule has 7 heteroatoms. The van der Waals surface area contributed by atoms with E-state index in [2.05, 4.69) is 15.3 Å².